The van der Waals surface area contributed by atoms with Crippen molar-refractivity contribution in [2.75, 3.05) is 6.54 Å². The molecule has 0 aliphatic rings. The van der Waals surface area contributed by atoms with E-state index in [0.717, 1.165) is 0 Å². The van der Waals surface area contributed by atoms with Gasteiger partial charge in [-0.25, -0.2) is 0 Å². The molecule has 0 aliphatic carbocycles. The first kappa shape index (κ1) is 31.9. The summed E-state index contributed by atoms with van der Waals surface area (Å²) < 4.78 is 194. The number of alkyl halides is 13. The van der Waals surface area contributed by atoms with Crippen molar-refractivity contribution in [2.45, 2.75) is 60.8 Å². The van der Waals surface area contributed by atoms with E-state index in [4.69, 9.17) is 10.3 Å². The van der Waals surface area contributed by atoms with Crippen LogP contribution < -0.4 is 5.73 Å². The van der Waals surface area contributed by atoms with Crippen molar-refractivity contribution < 1.29 is 70.0 Å². The van der Waals surface area contributed by atoms with Gasteiger partial charge < -0.3 is 5.73 Å². The van der Waals surface area contributed by atoms with Gasteiger partial charge in [0, 0.05) is 19.4 Å². The molecule has 0 saturated heterocycles. The highest BCUT2D eigenvalue weighted by Gasteiger charge is 2.88. The third-order valence-corrected chi connectivity index (χ3v) is 4.21. The van der Waals surface area contributed by atoms with E-state index in [0.29, 0.717) is 6.54 Å². The quantitative estimate of drug-likeness (QED) is 0.181. The van der Waals surface area contributed by atoms with Crippen molar-refractivity contribution in [2.24, 2.45) is 5.73 Å². The molecule has 0 amide bonds. The Balaban J connectivity index is 0. The number of halogens is 13. The second-order valence-corrected chi connectivity index (χ2v) is 7.23. The average Bonchev–Trinajstić information content (AvgIpc) is 2.56. The molecule has 0 atom stereocenters. The predicted octanol–water partition coefficient (Wildman–Crippen LogP) is 5.26. The van der Waals surface area contributed by atoms with Crippen LogP contribution in [-0.2, 0) is 10.1 Å². The van der Waals surface area contributed by atoms with Gasteiger partial charge in [0.15, 0.2) is 0 Å². The lowest BCUT2D eigenvalue weighted by Gasteiger charge is -2.38. The van der Waals surface area contributed by atoms with Crippen molar-refractivity contribution in [1.82, 2.24) is 0 Å². The van der Waals surface area contributed by atoms with Gasteiger partial charge >= 0.3 is 45.2 Å². The third kappa shape index (κ3) is 7.10. The van der Waals surface area contributed by atoms with Gasteiger partial charge in [-0.2, -0.15) is 65.5 Å². The predicted molar refractivity (Wildman–Crippen MR) is 80.1 cm³/mol. The van der Waals surface area contributed by atoms with Crippen LogP contribution in [0.3, 0.4) is 0 Å². The Morgan fingerprint density at radius 3 is 1.39 bits per heavy atom. The Hall–Kier alpha value is -1.30. The van der Waals surface area contributed by atoms with E-state index >= 15 is 0 Å². The first-order valence-electron chi connectivity index (χ1n) is 7.61. The van der Waals surface area contributed by atoms with Crippen LogP contribution in [0.2, 0.25) is 0 Å². The van der Waals surface area contributed by atoms with E-state index in [1.165, 1.54) is 0 Å². The lowest BCUT2D eigenvalue weighted by Crippen LogP contribution is -2.68. The maximum absolute atomic E-state index is 13.2. The fourth-order valence-electron chi connectivity index (χ4n) is 1.60. The number of hydrogen-bond acceptors (Lipinski definition) is 3. The van der Waals surface area contributed by atoms with Gasteiger partial charge in [-0.05, 0) is 12.8 Å². The van der Waals surface area contributed by atoms with Crippen molar-refractivity contribution in [3.8, 4) is 0 Å². The molecule has 0 rings (SSSR count). The molecule has 3 N–H and O–H groups in total. The minimum absolute atomic E-state index is 0.583. The molecule has 0 aromatic rings. The summed E-state index contributed by atoms with van der Waals surface area (Å²) in [7, 11) is -7.45. The minimum atomic E-state index is -7.73. The van der Waals surface area contributed by atoms with Crippen molar-refractivity contribution >= 4 is 10.1 Å². The first-order chi connectivity index (χ1) is 13.4. The molecule has 18 heteroatoms. The van der Waals surface area contributed by atoms with Gasteiger partial charge in [-0.3, -0.25) is 4.55 Å². The van der Waals surface area contributed by atoms with Gasteiger partial charge in [-0.15, -0.1) is 6.58 Å². The molecule has 0 bridgehead atoms. The summed E-state index contributed by atoms with van der Waals surface area (Å²) >= 11 is 0. The van der Waals surface area contributed by atoms with Crippen LogP contribution in [0.1, 0.15) is 25.7 Å². The highest BCUT2D eigenvalue weighted by atomic mass is 32.2. The van der Waals surface area contributed by atoms with E-state index in [1.807, 2.05) is 0 Å². The average molecular weight is 513 g/mol. The smallest absolute Gasteiger partial charge is 0.327 e. The zero-order chi connectivity index (χ0) is 25.7. The molecular weight excluding hydrogens is 497 g/mol. The summed E-state index contributed by atoms with van der Waals surface area (Å²) in [6, 6.07) is 0. The molecule has 0 unspecified atom stereocenters. The summed E-state index contributed by atoms with van der Waals surface area (Å²) in [5.74, 6) is -29.0. The topological polar surface area (TPSA) is 80.4 Å². The highest BCUT2D eigenvalue weighted by Crippen LogP contribution is 2.58. The summed E-state index contributed by atoms with van der Waals surface area (Å²) in [6.45, 7) is 3.94. The summed E-state index contributed by atoms with van der Waals surface area (Å²) in [6.07, 6.45) is -10.5. The van der Waals surface area contributed by atoms with Crippen LogP contribution in [-0.4, -0.2) is 54.6 Å². The Labute approximate surface area is 167 Å². The Kier molecular flexibility index (Phi) is 10.4. The maximum atomic E-state index is 13.2. The van der Waals surface area contributed by atoms with Gasteiger partial charge in [0.2, 0.25) is 0 Å². The molecular formula is C13H16F13NO3S. The summed E-state index contributed by atoms with van der Waals surface area (Å²) in [5.41, 5.74) is 4.91. The third-order valence-electron chi connectivity index (χ3n) is 3.31. The van der Waals surface area contributed by atoms with Gasteiger partial charge in [0.1, 0.15) is 0 Å². The van der Waals surface area contributed by atoms with Crippen molar-refractivity contribution in [1.29, 1.82) is 0 Å². The Bertz CT molecular complexity index is 689. The van der Waals surface area contributed by atoms with E-state index in [-0.39, 0.29) is 0 Å². The van der Waals surface area contributed by atoms with E-state index in [1.54, 1.807) is 6.08 Å². The van der Waals surface area contributed by atoms with Gasteiger partial charge in [0.05, 0.1) is 0 Å². The zero-order valence-electron chi connectivity index (χ0n) is 15.0. The first-order valence-corrected chi connectivity index (χ1v) is 9.05. The van der Waals surface area contributed by atoms with Crippen LogP contribution in [0, 0.1) is 0 Å². The van der Waals surface area contributed by atoms with Crippen LogP contribution in [0.4, 0.5) is 57.1 Å². The molecule has 0 aromatic carbocycles. The number of rotatable bonds is 10. The lowest BCUT2D eigenvalue weighted by molar-refractivity contribution is -0.390. The standard InChI is InChI=1S/C10H9F13O3S.C3H7N/c11-5(12,3-1-2-4-6(13,14)15)7(16,17)8(18,19)9(20,21)10(22,23)27(24,25)26;1-2-3-4/h1-4H2,(H,24,25,26);2H,1,3-4H2. The molecule has 0 aromatic heterocycles. The van der Waals surface area contributed by atoms with Gasteiger partial charge in [0.25, 0.3) is 0 Å². The minimum Gasteiger partial charge on any atom is -0.327 e. The lowest BCUT2D eigenvalue weighted by atomic mass is 9.94. The Morgan fingerprint density at radius 1 is 0.742 bits per heavy atom. The van der Waals surface area contributed by atoms with E-state index in [9.17, 15) is 65.5 Å². The highest BCUT2D eigenvalue weighted by molar-refractivity contribution is 7.87. The number of hydrogen-bond donors (Lipinski definition) is 2. The second kappa shape index (κ2) is 10.1. The van der Waals surface area contributed by atoms with Crippen molar-refractivity contribution in [3.63, 3.8) is 0 Å². The SMILES string of the molecule is C=CCN.O=S(=O)(O)C(F)(F)C(F)(F)C(F)(F)C(F)(F)C(F)(F)CCCCC(F)(F)F. The largest absolute Gasteiger partial charge is 0.438 e. The molecule has 0 fully saturated rings. The maximum Gasteiger partial charge on any atom is 0.438 e. The fourth-order valence-corrected chi connectivity index (χ4v) is 2.05. The summed E-state index contributed by atoms with van der Waals surface area (Å²) in [5, 5.41) is -7.29. The van der Waals surface area contributed by atoms with Crippen LogP contribution in [0.5, 0.6) is 0 Å². The van der Waals surface area contributed by atoms with Crippen molar-refractivity contribution in [3.05, 3.63) is 12.7 Å². The molecule has 31 heavy (non-hydrogen) atoms. The van der Waals surface area contributed by atoms with Crippen LogP contribution in [0.25, 0.3) is 0 Å². The zero-order valence-corrected chi connectivity index (χ0v) is 15.8. The number of nitrogens with two attached hydrogens (primary N) is 1. The fraction of sp³-hybridized carbons (Fsp3) is 0.846. The number of unbranched alkanes of at least 4 members (excludes halogenated alkanes) is 1. The molecule has 188 valence electrons. The second-order valence-electron chi connectivity index (χ2n) is 5.77. The molecule has 0 saturated carbocycles. The molecule has 0 spiro atoms. The van der Waals surface area contributed by atoms with E-state index < -0.39 is 70.9 Å². The normalized spacial score (nSPS) is 14.7. The van der Waals surface area contributed by atoms with E-state index in [2.05, 4.69) is 6.58 Å². The van der Waals surface area contributed by atoms with Crippen LogP contribution in [0.15, 0.2) is 12.7 Å². The van der Waals surface area contributed by atoms with Crippen LogP contribution >= 0.6 is 0 Å². The monoisotopic (exact) mass is 513 g/mol. The Morgan fingerprint density at radius 2 is 1.10 bits per heavy atom. The molecule has 0 aliphatic heterocycles. The summed E-state index contributed by atoms with van der Waals surface area (Å²) in [4.78, 5) is 0. The molecule has 0 radical (unpaired) electrons. The van der Waals surface area contributed by atoms with Gasteiger partial charge in [-0.1, -0.05) is 6.08 Å². The molecule has 0 heterocycles. The molecule has 4 nitrogen and oxygen atoms in total.